The molecule has 0 saturated carbocycles. The molecule has 4 heteroatoms. The molecular formula is C17H18N2OS. The summed E-state index contributed by atoms with van der Waals surface area (Å²) in [7, 11) is 1.67. The standard InChI is InChI=1S/C17H18N2OS/c1-12-3-5-13(6-4-12)10-19-16-8-7-14(20-2)9-15(16)18-17(19)11-21/h3-9,21H,10-11H2,1-2H3. The number of thiol groups is 1. The number of aromatic nitrogens is 2. The fraction of sp³-hybridized carbons (Fsp3) is 0.235. The third-order valence-corrected chi connectivity index (χ3v) is 3.92. The van der Waals surface area contributed by atoms with E-state index in [2.05, 4.69) is 59.4 Å². The van der Waals surface area contributed by atoms with E-state index < -0.39 is 0 Å². The Hall–Kier alpha value is -1.94. The largest absolute Gasteiger partial charge is 0.497 e. The molecule has 1 heterocycles. The van der Waals surface area contributed by atoms with Crippen molar-refractivity contribution in [3.05, 3.63) is 59.4 Å². The Morgan fingerprint density at radius 1 is 1.14 bits per heavy atom. The van der Waals surface area contributed by atoms with E-state index in [1.54, 1.807) is 7.11 Å². The molecule has 21 heavy (non-hydrogen) atoms. The van der Waals surface area contributed by atoms with Crippen LogP contribution in [0.25, 0.3) is 11.0 Å². The summed E-state index contributed by atoms with van der Waals surface area (Å²) in [5, 5.41) is 0. The van der Waals surface area contributed by atoms with Crippen molar-refractivity contribution in [1.29, 1.82) is 0 Å². The van der Waals surface area contributed by atoms with Gasteiger partial charge in [-0.1, -0.05) is 29.8 Å². The average molecular weight is 298 g/mol. The SMILES string of the molecule is COc1ccc2c(c1)nc(CS)n2Cc1ccc(C)cc1. The number of hydrogen-bond acceptors (Lipinski definition) is 3. The molecule has 0 N–H and O–H groups in total. The first-order chi connectivity index (χ1) is 10.2. The second-order valence-electron chi connectivity index (χ2n) is 5.11. The zero-order chi connectivity index (χ0) is 14.8. The molecule has 0 fully saturated rings. The van der Waals surface area contributed by atoms with Crippen LogP contribution in [0.4, 0.5) is 0 Å². The number of imidazole rings is 1. The Bertz CT molecular complexity index is 762. The van der Waals surface area contributed by atoms with Crippen molar-refractivity contribution in [2.45, 2.75) is 19.2 Å². The molecule has 1 aromatic heterocycles. The quantitative estimate of drug-likeness (QED) is 0.741. The number of methoxy groups -OCH3 is 1. The van der Waals surface area contributed by atoms with E-state index in [0.717, 1.165) is 29.2 Å². The summed E-state index contributed by atoms with van der Waals surface area (Å²) in [5.41, 5.74) is 4.60. The van der Waals surface area contributed by atoms with E-state index >= 15 is 0 Å². The van der Waals surface area contributed by atoms with Crippen LogP contribution in [-0.2, 0) is 12.3 Å². The molecule has 0 unspecified atom stereocenters. The highest BCUT2D eigenvalue weighted by Crippen LogP contribution is 2.23. The van der Waals surface area contributed by atoms with E-state index in [1.165, 1.54) is 11.1 Å². The van der Waals surface area contributed by atoms with Gasteiger partial charge in [0.2, 0.25) is 0 Å². The van der Waals surface area contributed by atoms with Crippen LogP contribution in [0.3, 0.4) is 0 Å². The highest BCUT2D eigenvalue weighted by Gasteiger charge is 2.10. The number of hydrogen-bond donors (Lipinski definition) is 1. The van der Waals surface area contributed by atoms with Gasteiger partial charge in [0.1, 0.15) is 11.6 Å². The van der Waals surface area contributed by atoms with Gasteiger partial charge in [0.15, 0.2) is 0 Å². The van der Waals surface area contributed by atoms with Crippen molar-refractivity contribution in [2.75, 3.05) is 7.11 Å². The lowest BCUT2D eigenvalue weighted by atomic mass is 10.1. The maximum atomic E-state index is 5.27. The summed E-state index contributed by atoms with van der Waals surface area (Å²) in [6.45, 7) is 2.90. The smallest absolute Gasteiger partial charge is 0.121 e. The summed E-state index contributed by atoms with van der Waals surface area (Å²) in [6, 6.07) is 14.6. The van der Waals surface area contributed by atoms with E-state index in [0.29, 0.717) is 5.75 Å². The molecule has 2 aromatic carbocycles. The maximum Gasteiger partial charge on any atom is 0.121 e. The topological polar surface area (TPSA) is 27.1 Å². The summed E-state index contributed by atoms with van der Waals surface area (Å²) >= 11 is 4.41. The van der Waals surface area contributed by atoms with Crippen molar-refractivity contribution in [3.63, 3.8) is 0 Å². The molecule has 0 aliphatic rings. The number of ether oxygens (including phenoxy) is 1. The van der Waals surface area contributed by atoms with Gasteiger partial charge >= 0.3 is 0 Å². The van der Waals surface area contributed by atoms with Crippen molar-refractivity contribution < 1.29 is 4.74 Å². The predicted octanol–water partition coefficient (Wildman–Crippen LogP) is 3.83. The van der Waals surface area contributed by atoms with E-state index in [9.17, 15) is 0 Å². The van der Waals surface area contributed by atoms with Crippen LogP contribution in [-0.4, -0.2) is 16.7 Å². The van der Waals surface area contributed by atoms with Crippen molar-refractivity contribution in [1.82, 2.24) is 9.55 Å². The first-order valence-corrected chi connectivity index (χ1v) is 7.54. The van der Waals surface area contributed by atoms with Gasteiger partial charge < -0.3 is 9.30 Å². The fourth-order valence-corrected chi connectivity index (χ4v) is 2.70. The number of rotatable bonds is 4. The predicted molar refractivity (Wildman–Crippen MR) is 89.3 cm³/mol. The first-order valence-electron chi connectivity index (χ1n) is 6.91. The van der Waals surface area contributed by atoms with Crippen LogP contribution in [0, 0.1) is 6.92 Å². The zero-order valence-electron chi connectivity index (χ0n) is 12.2. The summed E-state index contributed by atoms with van der Waals surface area (Å²) in [6.07, 6.45) is 0. The van der Waals surface area contributed by atoms with E-state index in [4.69, 9.17) is 4.74 Å². The first kappa shape index (κ1) is 14.0. The Labute approximate surface area is 130 Å². The van der Waals surface area contributed by atoms with Gasteiger partial charge in [-0.3, -0.25) is 0 Å². The van der Waals surface area contributed by atoms with Gasteiger partial charge in [0.05, 0.1) is 18.1 Å². The molecule has 0 aliphatic heterocycles. The van der Waals surface area contributed by atoms with Gasteiger partial charge in [-0.15, -0.1) is 0 Å². The summed E-state index contributed by atoms with van der Waals surface area (Å²) < 4.78 is 7.48. The lowest BCUT2D eigenvalue weighted by Crippen LogP contribution is -2.03. The van der Waals surface area contributed by atoms with Crippen LogP contribution >= 0.6 is 12.6 Å². The summed E-state index contributed by atoms with van der Waals surface area (Å²) in [4.78, 5) is 4.66. The lowest BCUT2D eigenvalue weighted by Gasteiger charge is -2.09. The van der Waals surface area contributed by atoms with E-state index in [-0.39, 0.29) is 0 Å². The highest BCUT2D eigenvalue weighted by molar-refractivity contribution is 7.79. The molecular weight excluding hydrogens is 280 g/mol. The summed E-state index contributed by atoms with van der Waals surface area (Å²) in [5.74, 6) is 2.42. The normalized spacial score (nSPS) is 11.0. The van der Waals surface area contributed by atoms with Crippen LogP contribution in [0.1, 0.15) is 17.0 Å². The van der Waals surface area contributed by atoms with Crippen LogP contribution in [0.5, 0.6) is 5.75 Å². The monoisotopic (exact) mass is 298 g/mol. The molecule has 108 valence electrons. The van der Waals surface area contributed by atoms with Gasteiger partial charge in [-0.2, -0.15) is 12.6 Å². The second-order valence-corrected chi connectivity index (χ2v) is 5.43. The molecule has 0 spiro atoms. The van der Waals surface area contributed by atoms with Gasteiger partial charge in [0.25, 0.3) is 0 Å². The number of fused-ring (bicyclic) bond motifs is 1. The molecule has 3 aromatic rings. The Morgan fingerprint density at radius 2 is 1.90 bits per heavy atom. The third kappa shape index (κ3) is 2.76. The van der Waals surface area contributed by atoms with Crippen molar-refractivity contribution >= 4 is 23.7 Å². The molecule has 3 nitrogen and oxygen atoms in total. The second kappa shape index (κ2) is 5.82. The third-order valence-electron chi connectivity index (χ3n) is 3.64. The molecule has 0 atom stereocenters. The molecule has 0 radical (unpaired) electrons. The fourth-order valence-electron chi connectivity index (χ4n) is 2.46. The Kier molecular flexibility index (Phi) is 3.88. The van der Waals surface area contributed by atoms with Crippen molar-refractivity contribution in [2.24, 2.45) is 0 Å². The number of benzene rings is 2. The zero-order valence-corrected chi connectivity index (χ0v) is 13.1. The van der Waals surface area contributed by atoms with Crippen LogP contribution in [0.2, 0.25) is 0 Å². The molecule has 0 amide bonds. The van der Waals surface area contributed by atoms with Gasteiger partial charge in [-0.25, -0.2) is 4.98 Å². The lowest BCUT2D eigenvalue weighted by molar-refractivity contribution is 0.415. The molecule has 0 saturated heterocycles. The van der Waals surface area contributed by atoms with Crippen molar-refractivity contribution in [3.8, 4) is 5.75 Å². The maximum absolute atomic E-state index is 5.27. The number of aryl methyl sites for hydroxylation is 1. The van der Waals surface area contributed by atoms with Crippen LogP contribution in [0.15, 0.2) is 42.5 Å². The Morgan fingerprint density at radius 3 is 2.57 bits per heavy atom. The van der Waals surface area contributed by atoms with Crippen LogP contribution < -0.4 is 4.74 Å². The van der Waals surface area contributed by atoms with E-state index in [1.807, 2.05) is 12.1 Å². The van der Waals surface area contributed by atoms with Gasteiger partial charge in [0, 0.05) is 18.4 Å². The minimum atomic E-state index is 0.614. The van der Waals surface area contributed by atoms with Gasteiger partial charge in [-0.05, 0) is 24.6 Å². The molecule has 0 bridgehead atoms. The molecule has 0 aliphatic carbocycles. The molecule has 3 rings (SSSR count). The highest BCUT2D eigenvalue weighted by atomic mass is 32.1. The number of nitrogens with zero attached hydrogens (tertiary/aromatic N) is 2. The Balaban J connectivity index is 2.05. The minimum absolute atomic E-state index is 0.614. The minimum Gasteiger partial charge on any atom is -0.497 e. The average Bonchev–Trinajstić information content (AvgIpc) is 2.86.